The SMILES string of the molecule is CC(C)(C)c1cc(-c2cc(-c3cc4sc5c(c4s3)-c3ccccc3-c3ccccc3-c3ccccc3-5)c(C(F)(F)F)cn2)cc2ccccc12. The lowest BCUT2D eigenvalue weighted by Crippen LogP contribution is -2.12. The van der Waals surface area contributed by atoms with E-state index in [9.17, 15) is 13.2 Å². The fraction of sp³-hybridized carbons (Fsp3) is 0.114. The second kappa shape index (κ2) is 11.2. The van der Waals surface area contributed by atoms with Crippen molar-refractivity contribution < 1.29 is 13.2 Å². The van der Waals surface area contributed by atoms with E-state index in [-0.39, 0.29) is 11.0 Å². The summed E-state index contributed by atoms with van der Waals surface area (Å²) in [5.74, 6) is 0. The monoisotopic (exact) mass is 693 g/mol. The fourth-order valence-corrected chi connectivity index (χ4v) is 10.1. The number of pyridine rings is 1. The van der Waals surface area contributed by atoms with Crippen molar-refractivity contribution in [2.75, 3.05) is 0 Å². The number of nitrogens with zero attached hydrogens (tertiary/aromatic N) is 1. The van der Waals surface area contributed by atoms with Crippen LogP contribution in [-0.2, 0) is 11.6 Å². The van der Waals surface area contributed by atoms with Gasteiger partial charge in [-0.05, 0) is 73.8 Å². The Morgan fingerprint density at radius 2 is 1.14 bits per heavy atom. The van der Waals surface area contributed by atoms with Gasteiger partial charge >= 0.3 is 6.18 Å². The molecule has 1 aliphatic carbocycles. The van der Waals surface area contributed by atoms with Gasteiger partial charge in [0.05, 0.1) is 16.0 Å². The predicted octanol–water partition coefficient (Wildman–Crippen LogP) is 14.1. The third-order valence-corrected chi connectivity index (χ3v) is 12.2. The average Bonchev–Trinajstić information content (AvgIpc) is 3.68. The highest BCUT2D eigenvalue weighted by atomic mass is 32.1. The summed E-state index contributed by atoms with van der Waals surface area (Å²) in [5.41, 5.74) is 9.57. The second-order valence-corrected chi connectivity index (χ2v) is 16.0. The summed E-state index contributed by atoms with van der Waals surface area (Å²) in [6.07, 6.45) is -3.56. The van der Waals surface area contributed by atoms with Crippen molar-refractivity contribution in [2.45, 2.75) is 32.4 Å². The Hall–Kier alpha value is -5.04. The molecule has 9 rings (SSSR count). The summed E-state index contributed by atoms with van der Waals surface area (Å²) in [6, 6.07) is 41.2. The number of aromatic nitrogens is 1. The van der Waals surface area contributed by atoms with Crippen molar-refractivity contribution in [3.63, 3.8) is 0 Å². The molecule has 3 aromatic heterocycles. The molecule has 0 radical (unpaired) electrons. The number of fused-ring (bicyclic) bond motifs is 11. The molecule has 0 aliphatic heterocycles. The molecule has 0 fully saturated rings. The van der Waals surface area contributed by atoms with E-state index in [0.29, 0.717) is 10.6 Å². The van der Waals surface area contributed by atoms with Gasteiger partial charge in [-0.1, -0.05) is 118 Å². The number of hydrogen-bond acceptors (Lipinski definition) is 3. The zero-order valence-corrected chi connectivity index (χ0v) is 29.2. The maximum atomic E-state index is 14.7. The molecule has 50 heavy (non-hydrogen) atoms. The lowest BCUT2D eigenvalue weighted by molar-refractivity contribution is -0.137. The van der Waals surface area contributed by atoms with Crippen LogP contribution in [-0.4, -0.2) is 4.98 Å². The average molecular weight is 694 g/mol. The van der Waals surface area contributed by atoms with Gasteiger partial charge in [0.25, 0.3) is 0 Å². The van der Waals surface area contributed by atoms with E-state index in [0.717, 1.165) is 75.8 Å². The normalized spacial score (nSPS) is 12.6. The molecule has 3 heterocycles. The number of thiophene rings is 2. The van der Waals surface area contributed by atoms with Crippen LogP contribution >= 0.6 is 22.7 Å². The van der Waals surface area contributed by atoms with Crippen molar-refractivity contribution in [3.8, 4) is 65.5 Å². The zero-order chi connectivity index (χ0) is 34.4. The molecule has 0 amide bonds. The quantitative estimate of drug-likeness (QED) is 0.176. The van der Waals surface area contributed by atoms with Gasteiger partial charge in [0, 0.05) is 42.9 Å². The molecule has 0 unspecified atom stereocenters. The van der Waals surface area contributed by atoms with Crippen LogP contribution in [0.4, 0.5) is 13.2 Å². The van der Waals surface area contributed by atoms with Crippen LogP contribution in [0.5, 0.6) is 0 Å². The third-order valence-electron chi connectivity index (χ3n) is 9.68. The highest BCUT2D eigenvalue weighted by Gasteiger charge is 2.36. The van der Waals surface area contributed by atoms with Crippen LogP contribution in [0.3, 0.4) is 0 Å². The summed E-state index contributed by atoms with van der Waals surface area (Å²) in [6.45, 7) is 6.47. The first-order valence-corrected chi connectivity index (χ1v) is 18.2. The van der Waals surface area contributed by atoms with Gasteiger partial charge in [-0.25, -0.2) is 0 Å². The minimum atomic E-state index is -4.57. The molecule has 244 valence electrons. The van der Waals surface area contributed by atoms with Gasteiger partial charge < -0.3 is 0 Å². The molecule has 1 nitrogen and oxygen atoms in total. The molecule has 0 saturated heterocycles. The Balaban J connectivity index is 1.28. The standard InChI is InChI=1S/C44H30F3NS2/c1-43(2,3)35-21-26(20-25-12-4-5-13-27(25)35)37-22-34(36(24-48-37)44(45,46)47)38-23-39-42(49-38)40-32-18-10-8-16-30(32)28-14-6-7-15-29(28)31-17-9-11-19-33(31)41(40)50-39/h4-24H,1-3H3. The van der Waals surface area contributed by atoms with Crippen LogP contribution in [0, 0.1) is 0 Å². The molecule has 8 aromatic rings. The van der Waals surface area contributed by atoms with Crippen LogP contribution in [0.1, 0.15) is 31.9 Å². The molecule has 0 N–H and O–H groups in total. The fourth-order valence-electron chi connectivity index (χ4n) is 7.38. The molecule has 5 aromatic carbocycles. The molecule has 6 heteroatoms. The van der Waals surface area contributed by atoms with Gasteiger partial charge in [-0.2, -0.15) is 13.2 Å². The van der Waals surface area contributed by atoms with E-state index in [1.807, 2.05) is 30.3 Å². The van der Waals surface area contributed by atoms with Gasteiger partial charge in [0.1, 0.15) is 0 Å². The zero-order valence-electron chi connectivity index (χ0n) is 27.5. The van der Waals surface area contributed by atoms with E-state index in [1.165, 1.54) is 16.9 Å². The lowest BCUT2D eigenvalue weighted by Gasteiger charge is -2.23. The second-order valence-electron chi connectivity index (χ2n) is 13.9. The molecule has 0 saturated carbocycles. The Kier molecular flexibility index (Phi) is 6.96. The highest BCUT2D eigenvalue weighted by Crippen LogP contribution is 2.56. The summed E-state index contributed by atoms with van der Waals surface area (Å²) < 4.78 is 46.1. The van der Waals surface area contributed by atoms with E-state index in [2.05, 4.69) is 111 Å². The van der Waals surface area contributed by atoms with Crippen molar-refractivity contribution in [1.29, 1.82) is 0 Å². The van der Waals surface area contributed by atoms with Crippen molar-refractivity contribution in [1.82, 2.24) is 4.98 Å². The van der Waals surface area contributed by atoms with Gasteiger partial charge in [-0.3, -0.25) is 4.98 Å². The molecular formula is C44H30F3NS2. The number of rotatable bonds is 2. The van der Waals surface area contributed by atoms with Crippen LogP contribution in [0.15, 0.2) is 128 Å². The van der Waals surface area contributed by atoms with E-state index < -0.39 is 11.7 Å². The summed E-state index contributed by atoms with van der Waals surface area (Å²) >= 11 is 3.09. The summed E-state index contributed by atoms with van der Waals surface area (Å²) in [7, 11) is 0. The van der Waals surface area contributed by atoms with Crippen molar-refractivity contribution >= 4 is 42.8 Å². The van der Waals surface area contributed by atoms with Crippen molar-refractivity contribution in [3.05, 3.63) is 139 Å². The maximum Gasteiger partial charge on any atom is 0.418 e. The molecular weight excluding hydrogens is 664 g/mol. The Labute approximate surface area is 296 Å². The number of alkyl halides is 3. The number of benzene rings is 5. The number of hydrogen-bond donors (Lipinski definition) is 0. The molecule has 0 atom stereocenters. The Morgan fingerprint density at radius 1 is 0.560 bits per heavy atom. The minimum absolute atomic E-state index is 0.153. The number of halogens is 3. The highest BCUT2D eigenvalue weighted by molar-refractivity contribution is 7.32. The van der Waals surface area contributed by atoms with E-state index in [1.54, 1.807) is 17.4 Å². The van der Waals surface area contributed by atoms with Crippen LogP contribution in [0.2, 0.25) is 0 Å². The molecule has 0 bridgehead atoms. The Bertz CT molecular complexity index is 2630. The first-order valence-electron chi connectivity index (χ1n) is 16.5. The maximum absolute atomic E-state index is 14.7. The van der Waals surface area contributed by atoms with E-state index in [4.69, 9.17) is 0 Å². The van der Waals surface area contributed by atoms with Crippen LogP contribution < -0.4 is 0 Å². The minimum Gasteiger partial charge on any atom is -0.256 e. The summed E-state index contributed by atoms with van der Waals surface area (Å²) in [5, 5.41) is 2.17. The van der Waals surface area contributed by atoms with Crippen LogP contribution in [0.25, 0.3) is 85.7 Å². The first-order chi connectivity index (χ1) is 24.1. The predicted molar refractivity (Wildman–Crippen MR) is 205 cm³/mol. The van der Waals surface area contributed by atoms with E-state index >= 15 is 0 Å². The topological polar surface area (TPSA) is 12.9 Å². The van der Waals surface area contributed by atoms with Gasteiger partial charge in [0.15, 0.2) is 0 Å². The lowest BCUT2D eigenvalue weighted by atomic mass is 9.82. The summed E-state index contributed by atoms with van der Waals surface area (Å²) in [4.78, 5) is 6.14. The third kappa shape index (κ3) is 4.92. The smallest absolute Gasteiger partial charge is 0.256 e. The first kappa shape index (κ1) is 31.0. The van der Waals surface area contributed by atoms with Gasteiger partial charge in [-0.15, -0.1) is 22.7 Å². The molecule has 0 spiro atoms. The Morgan fingerprint density at radius 3 is 1.80 bits per heavy atom. The largest absolute Gasteiger partial charge is 0.418 e. The van der Waals surface area contributed by atoms with Crippen molar-refractivity contribution in [2.24, 2.45) is 0 Å². The molecule has 1 aliphatic rings. The van der Waals surface area contributed by atoms with Gasteiger partial charge in [0.2, 0.25) is 0 Å².